The summed E-state index contributed by atoms with van der Waals surface area (Å²) in [5.41, 5.74) is 1.14. The number of aromatic hydroxyl groups is 1. The van der Waals surface area contributed by atoms with Gasteiger partial charge >= 0.3 is 6.18 Å². The average Bonchev–Trinajstić information content (AvgIpc) is 3.15. The first kappa shape index (κ1) is 21.1. The largest absolute Gasteiger partial charge is 0.492 e. The van der Waals surface area contributed by atoms with Gasteiger partial charge in [-0.1, -0.05) is 12.1 Å². The van der Waals surface area contributed by atoms with Crippen LogP contribution in [-0.2, 0) is 6.18 Å². The van der Waals surface area contributed by atoms with Gasteiger partial charge in [-0.05, 0) is 44.0 Å². The third kappa shape index (κ3) is 4.20. The molecule has 10 heteroatoms. The van der Waals surface area contributed by atoms with Crippen molar-refractivity contribution in [3.63, 3.8) is 0 Å². The smallest absolute Gasteiger partial charge is 0.416 e. The number of rotatable bonds is 4. The minimum Gasteiger partial charge on any atom is -0.492 e. The van der Waals surface area contributed by atoms with Crippen LogP contribution in [0.1, 0.15) is 36.2 Å². The lowest BCUT2D eigenvalue weighted by Gasteiger charge is -2.21. The zero-order chi connectivity index (χ0) is 22.3. The minimum absolute atomic E-state index is 0.172. The van der Waals surface area contributed by atoms with Crippen LogP contribution >= 0.6 is 0 Å². The molecule has 3 N–H and O–H groups in total. The van der Waals surface area contributed by atoms with Crippen LogP contribution in [0, 0.1) is 6.92 Å². The van der Waals surface area contributed by atoms with Crippen molar-refractivity contribution in [2.45, 2.75) is 38.6 Å². The topological polar surface area (TPSA) is 94.4 Å². The second-order valence-electron chi connectivity index (χ2n) is 7.74. The van der Waals surface area contributed by atoms with Crippen molar-refractivity contribution in [2.75, 3.05) is 23.3 Å². The number of aromatic nitrogens is 3. The van der Waals surface area contributed by atoms with Crippen molar-refractivity contribution in [1.82, 2.24) is 15.2 Å². The number of aliphatic hydroxyl groups is 1. The number of fused-ring (bicyclic) bond motifs is 1. The van der Waals surface area contributed by atoms with Crippen LogP contribution in [0.5, 0.6) is 5.88 Å². The minimum atomic E-state index is -4.43. The fourth-order valence-electron chi connectivity index (χ4n) is 3.75. The number of benzene rings is 1. The number of aliphatic hydroxyl groups excluding tert-OH is 1. The molecular formula is C21H22F3N5O2. The van der Waals surface area contributed by atoms with E-state index in [2.05, 4.69) is 20.5 Å². The quantitative estimate of drug-likeness (QED) is 0.576. The zero-order valence-electron chi connectivity index (χ0n) is 17.0. The Kier molecular flexibility index (Phi) is 5.34. The molecule has 0 spiro atoms. The molecule has 2 atom stereocenters. The summed E-state index contributed by atoms with van der Waals surface area (Å²) in [5.74, 6) is 0.175. The third-order valence-electron chi connectivity index (χ3n) is 5.45. The molecule has 1 fully saturated rings. The predicted molar refractivity (Wildman–Crippen MR) is 110 cm³/mol. The number of hydrogen-bond acceptors (Lipinski definition) is 7. The van der Waals surface area contributed by atoms with Crippen LogP contribution in [0.25, 0.3) is 10.9 Å². The van der Waals surface area contributed by atoms with Gasteiger partial charge < -0.3 is 20.4 Å². The standard InChI is InChI=1S/C21H22F3N5O2/c1-11(13-4-3-5-14(8-13)21(22,23)24)25-19-16-9-17(29-7-6-15(30)10-29)20(31)26-18(16)12(2)27-28-19/h3-5,8-9,11,15,30H,6-7,10H2,1-2H3,(H,25,28)(H,26,31)/t11-,15+/m1/s1. The SMILES string of the molecule is Cc1nnc(N[C@H](C)c2cccc(C(F)(F)F)c2)c2cc(N3CC[C@H](O)C3)c(O)nc12. The van der Waals surface area contributed by atoms with E-state index in [1.54, 1.807) is 26.0 Å². The Morgan fingerprint density at radius 1 is 1.23 bits per heavy atom. The van der Waals surface area contributed by atoms with Gasteiger partial charge in [-0.2, -0.15) is 18.3 Å². The maximum atomic E-state index is 13.1. The molecule has 3 heterocycles. The second-order valence-corrected chi connectivity index (χ2v) is 7.74. The summed E-state index contributed by atoms with van der Waals surface area (Å²) in [7, 11) is 0. The average molecular weight is 433 g/mol. The molecule has 0 amide bonds. The van der Waals surface area contributed by atoms with Crippen LogP contribution in [-0.4, -0.2) is 44.6 Å². The maximum Gasteiger partial charge on any atom is 0.416 e. The molecule has 0 unspecified atom stereocenters. The van der Waals surface area contributed by atoms with Gasteiger partial charge in [0, 0.05) is 18.5 Å². The number of hydrogen-bond donors (Lipinski definition) is 3. The van der Waals surface area contributed by atoms with Crippen LogP contribution in [0.15, 0.2) is 30.3 Å². The van der Waals surface area contributed by atoms with Crippen molar-refractivity contribution < 1.29 is 23.4 Å². The summed E-state index contributed by atoms with van der Waals surface area (Å²) in [5, 5.41) is 32.2. The van der Waals surface area contributed by atoms with E-state index in [1.807, 2.05) is 4.90 Å². The molecular weight excluding hydrogens is 411 g/mol. The zero-order valence-corrected chi connectivity index (χ0v) is 17.0. The van der Waals surface area contributed by atoms with Crippen LogP contribution in [0.3, 0.4) is 0 Å². The first-order chi connectivity index (χ1) is 14.6. The fraction of sp³-hybridized carbons (Fsp3) is 0.381. The summed E-state index contributed by atoms with van der Waals surface area (Å²) < 4.78 is 39.2. The van der Waals surface area contributed by atoms with E-state index in [9.17, 15) is 23.4 Å². The van der Waals surface area contributed by atoms with Gasteiger partial charge in [-0.3, -0.25) is 0 Å². The number of aryl methyl sites for hydroxylation is 1. The lowest BCUT2D eigenvalue weighted by Crippen LogP contribution is -2.21. The molecule has 1 aliphatic rings. The van der Waals surface area contributed by atoms with E-state index in [0.29, 0.717) is 53.2 Å². The summed E-state index contributed by atoms with van der Waals surface area (Å²) in [6, 6.07) is 6.33. The molecule has 0 saturated carbocycles. The Morgan fingerprint density at radius 3 is 2.68 bits per heavy atom. The highest BCUT2D eigenvalue weighted by atomic mass is 19.4. The molecule has 0 radical (unpaired) electrons. The van der Waals surface area contributed by atoms with E-state index in [4.69, 9.17) is 0 Å². The molecule has 1 aromatic carbocycles. The number of alkyl halides is 3. The van der Waals surface area contributed by atoms with Crippen molar-refractivity contribution in [3.8, 4) is 5.88 Å². The Hall–Kier alpha value is -3.14. The molecule has 2 aromatic heterocycles. The van der Waals surface area contributed by atoms with Gasteiger partial charge in [0.15, 0.2) is 5.82 Å². The molecule has 164 valence electrons. The van der Waals surface area contributed by atoms with E-state index < -0.39 is 23.9 Å². The van der Waals surface area contributed by atoms with Crippen LogP contribution < -0.4 is 10.2 Å². The lowest BCUT2D eigenvalue weighted by atomic mass is 10.0. The summed E-state index contributed by atoms with van der Waals surface area (Å²) >= 11 is 0. The van der Waals surface area contributed by atoms with Gasteiger partial charge in [0.25, 0.3) is 0 Å². The Bertz CT molecular complexity index is 1120. The maximum absolute atomic E-state index is 13.1. The van der Waals surface area contributed by atoms with Crippen LogP contribution in [0.2, 0.25) is 0 Å². The Balaban J connectivity index is 1.71. The third-order valence-corrected chi connectivity index (χ3v) is 5.45. The number of nitrogens with zero attached hydrogens (tertiary/aromatic N) is 4. The predicted octanol–water partition coefficient (Wildman–Crippen LogP) is 3.80. The van der Waals surface area contributed by atoms with Gasteiger partial charge in [-0.25, -0.2) is 4.98 Å². The highest BCUT2D eigenvalue weighted by Gasteiger charge is 2.31. The molecule has 7 nitrogen and oxygen atoms in total. The molecule has 0 aliphatic carbocycles. The number of β-amino-alcohol motifs (C(OH)–C–C–N with tert-alkyl or cyclic N) is 1. The monoisotopic (exact) mass is 433 g/mol. The summed E-state index contributed by atoms with van der Waals surface area (Å²) in [6.07, 6.45) is -4.32. The number of anilines is 2. The Labute approximate surface area is 176 Å². The van der Waals surface area contributed by atoms with Crippen molar-refractivity contribution in [3.05, 3.63) is 47.2 Å². The highest BCUT2D eigenvalue weighted by Crippen LogP contribution is 2.36. The summed E-state index contributed by atoms with van der Waals surface area (Å²) in [4.78, 5) is 6.11. The van der Waals surface area contributed by atoms with Gasteiger partial charge in [0.2, 0.25) is 5.88 Å². The first-order valence-electron chi connectivity index (χ1n) is 9.87. The van der Waals surface area contributed by atoms with Gasteiger partial charge in [-0.15, -0.1) is 5.10 Å². The van der Waals surface area contributed by atoms with Crippen molar-refractivity contribution in [2.24, 2.45) is 0 Å². The van der Waals surface area contributed by atoms with Crippen molar-refractivity contribution in [1.29, 1.82) is 0 Å². The number of halogens is 3. The molecule has 1 aliphatic heterocycles. The fourth-order valence-corrected chi connectivity index (χ4v) is 3.75. The van der Waals surface area contributed by atoms with Gasteiger partial charge in [0.1, 0.15) is 11.2 Å². The lowest BCUT2D eigenvalue weighted by molar-refractivity contribution is -0.137. The van der Waals surface area contributed by atoms with E-state index in [1.165, 1.54) is 6.07 Å². The van der Waals surface area contributed by atoms with E-state index in [-0.39, 0.29) is 5.88 Å². The van der Waals surface area contributed by atoms with Gasteiger partial charge in [0.05, 0.1) is 23.4 Å². The second kappa shape index (κ2) is 7.84. The number of nitrogens with one attached hydrogen (secondary N) is 1. The normalized spacial score (nSPS) is 17.9. The molecule has 31 heavy (non-hydrogen) atoms. The summed E-state index contributed by atoms with van der Waals surface area (Å²) in [6.45, 7) is 4.39. The molecule has 3 aromatic rings. The van der Waals surface area contributed by atoms with Crippen molar-refractivity contribution >= 4 is 22.4 Å². The van der Waals surface area contributed by atoms with E-state index in [0.717, 1.165) is 12.1 Å². The molecule has 0 bridgehead atoms. The first-order valence-corrected chi connectivity index (χ1v) is 9.87. The highest BCUT2D eigenvalue weighted by molar-refractivity contribution is 5.93. The van der Waals surface area contributed by atoms with E-state index >= 15 is 0 Å². The van der Waals surface area contributed by atoms with Crippen LogP contribution in [0.4, 0.5) is 24.7 Å². The molecule has 4 rings (SSSR count). The molecule has 1 saturated heterocycles. The Morgan fingerprint density at radius 2 is 2.00 bits per heavy atom. The number of pyridine rings is 1.